The SMILES string of the molecule is O=C(O)CCC(NC(=O)CCOCCOCCOCCOCCOCCOCCOCCOCCOCCOCCOCCOCCNC(=O)CNCCNC(=O)c1cc(N2C(=O)C=CC2=O)ccc1CCC(=O)Oc1c(F)c(F)cc(F)c1F)C(=O)O. The zero-order valence-corrected chi connectivity index (χ0v) is 48.8. The quantitative estimate of drug-likeness (QED) is 0.0132. The van der Waals surface area contributed by atoms with E-state index in [1.54, 1.807) is 0 Å². The maximum absolute atomic E-state index is 14.1. The highest BCUT2D eigenvalue weighted by atomic mass is 19.2. The van der Waals surface area contributed by atoms with Gasteiger partial charge >= 0.3 is 17.9 Å². The highest BCUT2D eigenvalue weighted by Crippen LogP contribution is 2.28. The molecule has 1 unspecified atom stereocenters. The van der Waals surface area contributed by atoms with Crippen LogP contribution in [0.5, 0.6) is 5.75 Å². The molecule has 1 heterocycles. The van der Waals surface area contributed by atoms with Crippen LogP contribution in [0.1, 0.15) is 41.6 Å². The molecule has 494 valence electrons. The van der Waals surface area contributed by atoms with Crippen LogP contribution in [0.4, 0.5) is 23.2 Å². The number of aryl methyl sites for hydroxylation is 1. The number of hydrogen-bond donors (Lipinski definition) is 6. The number of nitrogens with one attached hydrogen (secondary N) is 4. The van der Waals surface area contributed by atoms with E-state index in [-0.39, 0.29) is 114 Å². The first-order valence-electron chi connectivity index (χ1n) is 28.2. The van der Waals surface area contributed by atoms with Gasteiger partial charge in [-0.15, -0.1) is 0 Å². The van der Waals surface area contributed by atoms with Crippen molar-refractivity contribution in [2.75, 3.05) is 190 Å². The maximum atomic E-state index is 14.1. The molecule has 32 heteroatoms. The van der Waals surface area contributed by atoms with Crippen molar-refractivity contribution in [3.8, 4) is 5.75 Å². The van der Waals surface area contributed by atoms with Gasteiger partial charge < -0.3 is 93.1 Å². The molecule has 6 N–H and O–H groups in total. The normalized spacial score (nSPS) is 12.4. The van der Waals surface area contributed by atoms with Crippen molar-refractivity contribution >= 4 is 53.1 Å². The Labute approximate surface area is 505 Å². The van der Waals surface area contributed by atoms with Crippen molar-refractivity contribution in [3.63, 3.8) is 0 Å². The first-order valence-corrected chi connectivity index (χ1v) is 28.2. The molecule has 5 amide bonds. The molecule has 0 spiro atoms. The van der Waals surface area contributed by atoms with E-state index in [9.17, 15) is 55.9 Å². The Morgan fingerprint density at radius 2 is 0.920 bits per heavy atom. The predicted molar refractivity (Wildman–Crippen MR) is 297 cm³/mol. The van der Waals surface area contributed by atoms with Crippen LogP contribution in [0.15, 0.2) is 36.4 Å². The summed E-state index contributed by atoms with van der Waals surface area (Å²) >= 11 is 0. The number of hydrogen-bond acceptors (Lipinski definition) is 22. The number of imide groups is 1. The van der Waals surface area contributed by atoms with Gasteiger partial charge in [-0.3, -0.25) is 33.6 Å². The molecule has 3 rings (SSSR count). The van der Waals surface area contributed by atoms with Crippen LogP contribution in [-0.4, -0.2) is 248 Å². The Bertz CT molecular complexity index is 2420. The van der Waals surface area contributed by atoms with E-state index in [4.69, 9.17) is 67.1 Å². The molecule has 0 bridgehead atoms. The molecular weight excluding hydrogens is 1190 g/mol. The molecule has 0 aliphatic carbocycles. The summed E-state index contributed by atoms with van der Waals surface area (Å²) < 4.78 is 125. The van der Waals surface area contributed by atoms with Crippen LogP contribution in [0.3, 0.4) is 0 Å². The molecule has 1 aliphatic heterocycles. The van der Waals surface area contributed by atoms with E-state index in [0.29, 0.717) is 126 Å². The third-order valence-electron chi connectivity index (χ3n) is 11.6. The zero-order valence-electron chi connectivity index (χ0n) is 48.8. The van der Waals surface area contributed by atoms with E-state index in [0.717, 1.165) is 17.1 Å². The molecule has 2 aromatic rings. The highest BCUT2D eigenvalue weighted by molar-refractivity contribution is 6.28. The van der Waals surface area contributed by atoms with Crippen LogP contribution < -0.4 is 30.9 Å². The first-order chi connectivity index (χ1) is 42.6. The molecule has 1 aliphatic rings. The second-order valence-corrected chi connectivity index (χ2v) is 18.2. The number of halogens is 4. The topological polar surface area (TPSA) is 348 Å². The Morgan fingerprint density at radius 1 is 0.489 bits per heavy atom. The summed E-state index contributed by atoms with van der Waals surface area (Å²) in [6.07, 6.45) is 0.557. The van der Waals surface area contributed by atoms with Crippen LogP contribution in [-0.2, 0) is 96.8 Å². The predicted octanol–water partition coefficient (Wildman–Crippen LogP) is 0.670. The molecule has 0 fully saturated rings. The second kappa shape index (κ2) is 47.4. The lowest BCUT2D eigenvalue weighted by Gasteiger charge is -2.17. The van der Waals surface area contributed by atoms with Gasteiger partial charge in [0.1, 0.15) is 6.04 Å². The maximum Gasteiger partial charge on any atom is 0.326 e. The Kier molecular flexibility index (Phi) is 40.7. The summed E-state index contributed by atoms with van der Waals surface area (Å²) in [7, 11) is 0. The fourth-order valence-electron chi connectivity index (χ4n) is 7.19. The standard InChI is InChI=1S/C56H79F4N5O23/c57-43-38-44(58)53(60)54(52(43)59)88-51(72)8-2-40-1-3-41(65-48(68)5-6-49(65)69)37-42(40)55(73)63-11-10-61-39-47(67)62-12-14-77-16-18-79-20-22-81-24-26-83-28-30-85-32-34-87-36-35-86-33-31-84-29-27-82-25-23-80-21-19-78-17-15-76-13-9-46(66)64-45(56(74)75)4-7-50(70)71/h1,3,5-6,37-38,45,61H,2,4,7-36,39H2,(H,62,67)(H,63,73)(H,64,66)(H,70,71)(H,74,75). The van der Waals surface area contributed by atoms with Gasteiger partial charge in [-0.1, -0.05) is 6.07 Å². The van der Waals surface area contributed by atoms with E-state index < -0.39 is 83.0 Å². The van der Waals surface area contributed by atoms with E-state index in [1.165, 1.54) is 18.2 Å². The number of rotatable bonds is 55. The van der Waals surface area contributed by atoms with Crippen LogP contribution in [0, 0.1) is 23.3 Å². The molecule has 0 saturated carbocycles. The van der Waals surface area contributed by atoms with Gasteiger partial charge in [-0.05, 0) is 30.5 Å². The van der Waals surface area contributed by atoms with Crippen LogP contribution in [0.25, 0.3) is 0 Å². The minimum atomic E-state index is -1.91. The minimum Gasteiger partial charge on any atom is -0.481 e. The van der Waals surface area contributed by atoms with Gasteiger partial charge in [0, 0.05) is 56.3 Å². The number of amides is 5. The van der Waals surface area contributed by atoms with Gasteiger partial charge in [0.25, 0.3) is 17.7 Å². The van der Waals surface area contributed by atoms with Crippen LogP contribution >= 0.6 is 0 Å². The summed E-state index contributed by atoms with van der Waals surface area (Å²) in [5, 5.41) is 28.2. The third kappa shape index (κ3) is 34.2. The summed E-state index contributed by atoms with van der Waals surface area (Å²) in [5.41, 5.74) is 0.153. The number of anilines is 1. The lowest BCUT2D eigenvalue weighted by atomic mass is 10.0. The molecule has 2 aromatic carbocycles. The highest BCUT2D eigenvalue weighted by Gasteiger charge is 2.28. The molecule has 88 heavy (non-hydrogen) atoms. The molecule has 0 saturated heterocycles. The number of aliphatic carboxylic acids is 2. The van der Waals surface area contributed by atoms with Crippen LogP contribution in [0.2, 0.25) is 0 Å². The summed E-state index contributed by atoms with van der Waals surface area (Å²) in [6.45, 7) is 8.70. The lowest BCUT2D eigenvalue weighted by Crippen LogP contribution is -2.41. The van der Waals surface area contributed by atoms with Gasteiger partial charge in [0.05, 0.1) is 177 Å². The number of carbonyl (C=O) groups excluding carboxylic acids is 6. The van der Waals surface area contributed by atoms with E-state index in [1.807, 2.05) is 0 Å². The second-order valence-electron chi connectivity index (χ2n) is 18.2. The first kappa shape index (κ1) is 75.6. The molecule has 1 atom stereocenters. The monoisotopic (exact) mass is 1270 g/mol. The lowest BCUT2D eigenvalue weighted by molar-refractivity contribution is -0.143. The molecule has 0 aromatic heterocycles. The van der Waals surface area contributed by atoms with Gasteiger partial charge in [0.2, 0.25) is 29.2 Å². The average Bonchev–Trinajstić information content (AvgIpc) is 2.85. The number of carboxylic acids is 2. The average molecular weight is 1270 g/mol. The summed E-state index contributed by atoms with van der Waals surface area (Å²) in [4.78, 5) is 97.1. The van der Waals surface area contributed by atoms with Crippen molar-refractivity contribution in [2.24, 2.45) is 0 Å². The summed E-state index contributed by atoms with van der Waals surface area (Å²) in [6, 6.07) is 2.61. The number of ether oxygens (including phenoxy) is 13. The third-order valence-corrected chi connectivity index (χ3v) is 11.6. The van der Waals surface area contributed by atoms with Crippen molar-refractivity contribution in [1.82, 2.24) is 21.3 Å². The molecule has 0 radical (unpaired) electrons. The Hall–Kier alpha value is -6.66. The van der Waals surface area contributed by atoms with Crippen molar-refractivity contribution in [1.29, 1.82) is 0 Å². The Morgan fingerprint density at radius 3 is 1.35 bits per heavy atom. The van der Waals surface area contributed by atoms with Gasteiger partial charge in [-0.2, -0.15) is 8.78 Å². The van der Waals surface area contributed by atoms with Gasteiger partial charge in [-0.25, -0.2) is 18.5 Å². The largest absolute Gasteiger partial charge is 0.481 e. The molecular formula is C56H79F4N5O23. The number of carbonyl (C=O) groups is 8. The van der Waals surface area contributed by atoms with Crippen molar-refractivity contribution in [3.05, 3.63) is 70.8 Å². The summed E-state index contributed by atoms with van der Waals surface area (Å²) in [5.74, 6) is -15.6. The van der Waals surface area contributed by atoms with Gasteiger partial charge in [0.15, 0.2) is 11.6 Å². The Balaban J connectivity index is 1.02. The van der Waals surface area contributed by atoms with Crippen molar-refractivity contribution in [2.45, 2.75) is 38.1 Å². The molecule has 28 nitrogen and oxygen atoms in total. The number of esters is 1. The minimum absolute atomic E-state index is 0.00427. The number of nitrogens with zero attached hydrogens (tertiary/aromatic N) is 1. The zero-order chi connectivity index (χ0) is 64.0. The fourth-order valence-corrected chi connectivity index (χ4v) is 7.19. The van der Waals surface area contributed by atoms with E-state index >= 15 is 0 Å². The van der Waals surface area contributed by atoms with Crippen molar-refractivity contribution < 1.29 is 128 Å². The fraction of sp³-hybridized carbons (Fsp3) is 0.607. The van der Waals surface area contributed by atoms with E-state index in [2.05, 4.69) is 26.0 Å². The number of benzene rings is 2. The smallest absolute Gasteiger partial charge is 0.326 e. The number of carboxylic acid groups (broad SMARTS) is 2.